The number of piperidine rings is 1. The monoisotopic (exact) mass is 259 g/mol. The van der Waals surface area contributed by atoms with Crippen molar-refractivity contribution in [2.75, 3.05) is 50.1 Å². The maximum atomic E-state index is 3.49. The maximum Gasteiger partial charge on any atom is 0.0367 e. The van der Waals surface area contributed by atoms with Crippen molar-refractivity contribution in [2.45, 2.75) is 19.3 Å². The van der Waals surface area contributed by atoms with Gasteiger partial charge < -0.3 is 15.1 Å². The molecule has 0 aromatic heterocycles. The second-order valence-electron chi connectivity index (χ2n) is 6.33. The molecule has 2 aliphatic rings. The molecule has 0 radical (unpaired) electrons. The molecule has 0 bridgehead atoms. The lowest BCUT2D eigenvalue weighted by Crippen LogP contribution is -2.38. The lowest BCUT2D eigenvalue weighted by atomic mass is 9.78. The van der Waals surface area contributed by atoms with Crippen molar-refractivity contribution < 1.29 is 0 Å². The zero-order valence-electron chi connectivity index (χ0n) is 12.2. The van der Waals surface area contributed by atoms with Gasteiger partial charge in [0.15, 0.2) is 0 Å². The lowest BCUT2D eigenvalue weighted by Gasteiger charge is -2.34. The smallest absolute Gasteiger partial charge is 0.0367 e. The van der Waals surface area contributed by atoms with Gasteiger partial charge in [-0.1, -0.05) is 0 Å². The van der Waals surface area contributed by atoms with Crippen molar-refractivity contribution in [3.63, 3.8) is 0 Å². The minimum absolute atomic E-state index is 0.589. The molecule has 3 heteroatoms. The van der Waals surface area contributed by atoms with Crippen molar-refractivity contribution >= 4 is 11.4 Å². The second-order valence-corrected chi connectivity index (χ2v) is 6.33. The third-order valence-corrected chi connectivity index (χ3v) is 4.83. The first-order valence-electron chi connectivity index (χ1n) is 7.42. The van der Waals surface area contributed by atoms with Crippen molar-refractivity contribution in [2.24, 2.45) is 5.41 Å². The number of nitrogens with zero attached hydrogens (tertiary/aromatic N) is 2. The number of rotatable bonds is 2. The van der Waals surface area contributed by atoms with Crippen LogP contribution < -0.4 is 15.1 Å². The van der Waals surface area contributed by atoms with Crippen LogP contribution in [-0.4, -0.2) is 40.3 Å². The molecule has 104 valence electrons. The molecule has 1 aromatic rings. The van der Waals surface area contributed by atoms with Gasteiger partial charge in [-0.15, -0.1) is 0 Å². The summed E-state index contributed by atoms with van der Waals surface area (Å²) in [5, 5.41) is 3.49. The summed E-state index contributed by atoms with van der Waals surface area (Å²) in [4.78, 5) is 4.73. The minimum atomic E-state index is 0.589. The number of benzene rings is 1. The highest BCUT2D eigenvalue weighted by atomic mass is 15.2. The summed E-state index contributed by atoms with van der Waals surface area (Å²) in [7, 11) is 4.18. The molecular formula is C16H25N3. The fourth-order valence-corrected chi connectivity index (χ4v) is 3.48. The van der Waals surface area contributed by atoms with E-state index in [2.05, 4.69) is 53.5 Å². The van der Waals surface area contributed by atoms with E-state index in [-0.39, 0.29) is 0 Å². The van der Waals surface area contributed by atoms with Crippen molar-refractivity contribution in [3.8, 4) is 0 Å². The SMILES string of the molecule is CN(C)c1ccc(N2CCC3(CCNCC3)C2)cc1. The highest BCUT2D eigenvalue weighted by Crippen LogP contribution is 2.40. The largest absolute Gasteiger partial charge is 0.378 e. The molecule has 0 unspecified atom stereocenters. The average Bonchev–Trinajstić information content (AvgIpc) is 2.83. The first-order chi connectivity index (χ1) is 9.19. The van der Waals surface area contributed by atoms with Gasteiger partial charge in [0.05, 0.1) is 0 Å². The normalized spacial score (nSPS) is 21.9. The molecular weight excluding hydrogens is 234 g/mol. The molecule has 0 atom stereocenters. The summed E-state index contributed by atoms with van der Waals surface area (Å²) in [6.07, 6.45) is 4.06. The molecule has 2 heterocycles. The summed E-state index contributed by atoms with van der Waals surface area (Å²) in [5.74, 6) is 0. The Morgan fingerprint density at radius 1 is 1.05 bits per heavy atom. The van der Waals surface area contributed by atoms with E-state index in [9.17, 15) is 0 Å². The van der Waals surface area contributed by atoms with Gasteiger partial charge in [-0.05, 0) is 62.0 Å². The fraction of sp³-hybridized carbons (Fsp3) is 0.625. The summed E-state index contributed by atoms with van der Waals surface area (Å²) in [6.45, 7) is 4.87. The lowest BCUT2D eigenvalue weighted by molar-refractivity contribution is 0.232. The number of hydrogen-bond donors (Lipinski definition) is 1. The molecule has 2 fully saturated rings. The van der Waals surface area contributed by atoms with E-state index in [0.717, 1.165) is 0 Å². The fourth-order valence-electron chi connectivity index (χ4n) is 3.48. The zero-order chi connectivity index (χ0) is 13.3. The Morgan fingerprint density at radius 2 is 1.74 bits per heavy atom. The Balaban J connectivity index is 1.70. The predicted molar refractivity (Wildman–Crippen MR) is 82.1 cm³/mol. The van der Waals surface area contributed by atoms with E-state index in [1.54, 1.807) is 0 Å². The van der Waals surface area contributed by atoms with E-state index in [0.29, 0.717) is 5.41 Å². The third-order valence-electron chi connectivity index (χ3n) is 4.83. The van der Waals surface area contributed by atoms with E-state index < -0.39 is 0 Å². The van der Waals surface area contributed by atoms with Crippen LogP contribution in [0.15, 0.2) is 24.3 Å². The molecule has 1 spiro atoms. The first-order valence-corrected chi connectivity index (χ1v) is 7.42. The molecule has 3 nitrogen and oxygen atoms in total. The van der Waals surface area contributed by atoms with Crippen molar-refractivity contribution in [1.29, 1.82) is 0 Å². The zero-order valence-corrected chi connectivity index (χ0v) is 12.2. The maximum absolute atomic E-state index is 3.49. The van der Waals surface area contributed by atoms with Crippen LogP contribution in [0.3, 0.4) is 0 Å². The van der Waals surface area contributed by atoms with Crippen LogP contribution in [0.4, 0.5) is 11.4 Å². The van der Waals surface area contributed by atoms with Crippen LogP contribution in [0.2, 0.25) is 0 Å². The summed E-state index contributed by atoms with van der Waals surface area (Å²) in [6, 6.07) is 9.00. The minimum Gasteiger partial charge on any atom is -0.378 e. The molecule has 1 N–H and O–H groups in total. The Bertz CT molecular complexity index is 418. The quantitative estimate of drug-likeness (QED) is 0.879. The number of anilines is 2. The Hall–Kier alpha value is -1.22. The van der Waals surface area contributed by atoms with Crippen LogP contribution in [-0.2, 0) is 0 Å². The molecule has 2 aliphatic heterocycles. The van der Waals surface area contributed by atoms with Crippen molar-refractivity contribution in [3.05, 3.63) is 24.3 Å². The Labute approximate surface area is 116 Å². The molecule has 1 aromatic carbocycles. The first kappa shape index (κ1) is 12.8. The van der Waals surface area contributed by atoms with E-state index in [1.165, 1.54) is 56.8 Å². The van der Waals surface area contributed by atoms with Crippen LogP contribution in [0.25, 0.3) is 0 Å². The molecule has 3 rings (SSSR count). The third kappa shape index (κ3) is 2.57. The highest BCUT2D eigenvalue weighted by molar-refractivity contribution is 5.56. The molecule has 0 aliphatic carbocycles. The summed E-state index contributed by atoms with van der Waals surface area (Å²) < 4.78 is 0. The van der Waals surface area contributed by atoms with E-state index in [4.69, 9.17) is 0 Å². The summed E-state index contributed by atoms with van der Waals surface area (Å²) in [5.41, 5.74) is 3.26. The van der Waals surface area contributed by atoms with Gasteiger partial charge in [-0.2, -0.15) is 0 Å². The average molecular weight is 259 g/mol. The number of nitrogens with one attached hydrogen (secondary N) is 1. The Morgan fingerprint density at radius 3 is 2.37 bits per heavy atom. The van der Waals surface area contributed by atoms with Crippen LogP contribution >= 0.6 is 0 Å². The van der Waals surface area contributed by atoms with Gasteiger partial charge in [0.25, 0.3) is 0 Å². The van der Waals surface area contributed by atoms with Gasteiger partial charge in [0, 0.05) is 38.6 Å². The Kier molecular flexibility index (Phi) is 3.40. The molecule has 0 saturated carbocycles. The van der Waals surface area contributed by atoms with Crippen LogP contribution in [0.1, 0.15) is 19.3 Å². The highest BCUT2D eigenvalue weighted by Gasteiger charge is 2.38. The molecule has 19 heavy (non-hydrogen) atoms. The predicted octanol–water partition coefficient (Wildman–Crippen LogP) is 2.33. The van der Waals surface area contributed by atoms with Gasteiger partial charge in [0.2, 0.25) is 0 Å². The van der Waals surface area contributed by atoms with Gasteiger partial charge >= 0.3 is 0 Å². The molecule has 0 amide bonds. The van der Waals surface area contributed by atoms with E-state index >= 15 is 0 Å². The second kappa shape index (κ2) is 5.04. The summed E-state index contributed by atoms with van der Waals surface area (Å²) >= 11 is 0. The van der Waals surface area contributed by atoms with Crippen LogP contribution in [0, 0.1) is 5.41 Å². The van der Waals surface area contributed by atoms with Gasteiger partial charge in [0.1, 0.15) is 0 Å². The van der Waals surface area contributed by atoms with E-state index in [1.807, 2.05) is 0 Å². The van der Waals surface area contributed by atoms with Gasteiger partial charge in [-0.3, -0.25) is 0 Å². The van der Waals surface area contributed by atoms with Crippen LogP contribution in [0.5, 0.6) is 0 Å². The number of hydrogen-bond acceptors (Lipinski definition) is 3. The topological polar surface area (TPSA) is 18.5 Å². The van der Waals surface area contributed by atoms with Crippen molar-refractivity contribution in [1.82, 2.24) is 5.32 Å². The standard InChI is InChI=1S/C16H25N3/c1-18(2)14-3-5-15(6-4-14)19-12-9-16(13-19)7-10-17-11-8-16/h3-6,17H,7-13H2,1-2H3. The molecule has 2 saturated heterocycles. The van der Waals surface area contributed by atoms with Gasteiger partial charge in [-0.25, -0.2) is 0 Å².